The summed E-state index contributed by atoms with van der Waals surface area (Å²) < 4.78 is 37.1. The molecular formula is C41H57ClN6O8S. The Kier molecular flexibility index (Phi) is 14.7. The van der Waals surface area contributed by atoms with E-state index in [0.29, 0.717) is 48.0 Å². The van der Waals surface area contributed by atoms with Crippen LogP contribution in [0.2, 0.25) is 5.02 Å². The predicted octanol–water partition coefficient (Wildman–Crippen LogP) is 5.29. The highest BCUT2D eigenvalue weighted by molar-refractivity contribution is 7.76. The zero-order valence-electron chi connectivity index (χ0n) is 34.2. The third-order valence-corrected chi connectivity index (χ3v) is 13.1. The lowest BCUT2D eigenvalue weighted by Crippen LogP contribution is -2.51. The molecule has 0 spiro atoms. The molecule has 5 rings (SSSR count). The Hall–Kier alpha value is -4.18. The molecule has 1 fully saturated rings. The van der Waals surface area contributed by atoms with E-state index in [0.717, 1.165) is 37.7 Å². The Labute approximate surface area is 342 Å². The van der Waals surface area contributed by atoms with Gasteiger partial charge in [0.1, 0.15) is 16.7 Å². The number of anilines is 1. The Morgan fingerprint density at radius 2 is 1.89 bits per heavy atom. The molecule has 7 atom stereocenters. The fourth-order valence-electron chi connectivity index (χ4n) is 7.48. The Morgan fingerprint density at radius 1 is 1.14 bits per heavy atom. The van der Waals surface area contributed by atoms with Gasteiger partial charge in [0, 0.05) is 64.0 Å². The van der Waals surface area contributed by atoms with Crippen LogP contribution in [0.15, 0.2) is 47.0 Å². The van der Waals surface area contributed by atoms with Gasteiger partial charge in [0.2, 0.25) is 11.8 Å². The van der Waals surface area contributed by atoms with E-state index in [-0.39, 0.29) is 35.4 Å². The van der Waals surface area contributed by atoms with Gasteiger partial charge in [-0.2, -0.15) is 4.36 Å². The van der Waals surface area contributed by atoms with Crippen molar-refractivity contribution < 1.29 is 37.9 Å². The van der Waals surface area contributed by atoms with E-state index in [9.17, 15) is 23.7 Å². The third kappa shape index (κ3) is 10.7. The molecule has 3 aromatic rings. The highest BCUT2D eigenvalue weighted by Crippen LogP contribution is 2.41. The number of nitrogens with one attached hydrogen (secondary N) is 1. The molecule has 0 bridgehead atoms. The number of ether oxygens (including phenoxy) is 3. The minimum atomic E-state index is -2.92. The van der Waals surface area contributed by atoms with Crippen molar-refractivity contribution in [2.24, 2.45) is 29.2 Å². The highest BCUT2D eigenvalue weighted by atomic mass is 35.5. The van der Waals surface area contributed by atoms with Gasteiger partial charge in [-0.3, -0.25) is 23.3 Å². The number of rotatable bonds is 13. The summed E-state index contributed by atoms with van der Waals surface area (Å²) in [7, 11) is 4.92. The number of thiol groups is 1. The van der Waals surface area contributed by atoms with Crippen LogP contribution in [-0.4, -0.2) is 100 Å². The Morgan fingerprint density at radius 3 is 2.56 bits per heavy atom. The fourth-order valence-corrected chi connectivity index (χ4v) is 9.03. The number of fused-ring (bicyclic) bond motifs is 2. The molecule has 16 heteroatoms. The number of carbonyl (C=O) groups is 3. The number of amides is 3. The average Bonchev–Trinajstić information content (AvgIpc) is 3.54. The summed E-state index contributed by atoms with van der Waals surface area (Å²) in [5, 5.41) is 17.7. The zero-order chi connectivity index (χ0) is 41.6. The molecule has 0 radical (unpaired) electrons. The monoisotopic (exact) mass is 828 g/mol. The van der Waals surface area contributed by atoms with Crippen LogP contribution in [0.25, 0.3) is 0 Å². The van der Waals surface area contributed by atoms with Crippen LogP contribution in [-0.2, 0) is 40.1 Å². The molecule has 57 heavy (non-hydrogen) atoms. The molecule has 2 aliphatic rings. The molecule has 3 unspecified atom stereocenters. The molecule has 1 aliphatic heterocycles. The van der Waals surface area contributed by atoms with Crippen LogP contribution < -0.4 is 19.7 Å². The summed E-state index contributed by atoms with van der Waals surface area (Å²) in [6, 6.07) is 11.1. The van der Waals surface area contributed by atoms with Crippen LogP contribution in [0.3, 0.4) is 0 Å². The van der Waals surface area contributed by atoms with Crippen LogP contribution in [0.5, 0.6) is 11.6 Å². The second kappa shape index (κ2) is 19.0. The molecule has 1 saturated carbocycles. The Balaban J connectivity index is 1.53. The standard InChI is InChI=1S/C41H57ClN6O8S/c1-25(41(3,52)21-36(49)46(4)5)40(43-38(51)33-24-47(6)44-39(33)55-8)57(53)45-37(50)28-14-17-35-34(20-28)48(23-30-13-16-32(30)26(2)54-7)22-29-12-15-31(42)19-27(29)11-9-10-18-56-35/h12,14-15,17,19-20,24-26,30,32,40,52,57H,9-11,13,16,18,21-23H2,1-8H3,(H,43,51)/t25-,26+,30+,32+,40?,41?/m1/s1. The second-order valence-electron chi connectivity index (χ2n) is 15.7. The molecule has 1 aromatic heterocycles. The first kappa shape index (κ1) is 43.9. The number of aliphatic hydroxyl groups is 1. The van der Waals surface area contributed by atoms with Crippen LogP contribution in [0.4, 0.5) is 5.69 Å². The van der Waals surface area contributed by atoms with Crippen molar-refractivity contribution in [3.63, 3.8) is 0 Å². The summed E-state index contributed by atoms with van der Waals surface area (Å²) in [6.45, 7) is 6.78. The number of carbonyl (C=O) groups excluding carboxylic acids is 3. The quantitative estimate of drug-likeness (QED) is 0.193. The van der Waals surface area contributed by atoms with E-state index in [1.807, 2.05) is 12.1 Å². The van der Waals surface area contributed by atoms with Gasteiger partial charge in [0.05, 0.1) is 48.1 Å². The van der Waals surface area contributed by atoms with Crippen molar-refractivity contribution in [3.05, 3.63) is 69.9 Å². The van der Waals surface area contributed by atoms with Gasteiger partial charge >= 0.3 is 0 Å². The number of benzene rings is 2. The summed E-state index contributed by atoms with van der Waals surface area (Å²) in [6.07, 6.45) is 5.88. The number of nitrogens with zero attached hydrogens (tertiary/aromatic N) is 5. The maximum Gasteiger partial charge on any atom is 0.285 e. The van der Waals surface area contributed by atoms with E-state index < -0.39 is 39.3 Å². The molecular weight excluding hydrogens is 772 g/mol. The number of aromatic nitrogens is 2. The molecule has 1 aliphatic carbocycles. The lowest BCUT2D eigenvalue weighted by atomic mass is 9.70. The van der Waals surface area contributed by atoms with Gasteiger partial charge in [0.25, 0.3) is 11.8 Å². The number of hydrogen-bond acceptors (Lipinski definition) is 10. The summed E-state index contributed by atoms with van der Waals surface area (Å²) in [4.78, 5) is 44.0. The van der Waals surface area contributed by atoms with Gasteiger partial charge in [-0.05, 0) is 99.2 Å². The van der Waals surface area contributed by atoms with Gasteiger partial charge in [-0.15, -0.1) is 5.10 Å². The fraction of sp³-hybridized carbons (Fsp3) is 0.561. The van der Waals surface area contributed by atoms with Crippen LogP contribution >= 0.6 is 11.6 Å². The van der Waals surface area contributed by atoms with Crippen molar-refractivity contribution >= 4 is 45.6 Å². The minimum absolute atomic E-state index is 0.0320. The largest absolute Gasteiger partial charge is 0.491 e. The van der Waals surface area contributed by atoms with Gasteiger partial charge in [-0.25, -0.2) is 0 Å². The lowest BCUT2D eigenvalue weighted by Gasteiger charge is -2.43. The normalized spacial score (nSPS) is 20.2. The van der Waals surface area contributed by atoms with Gasteiger partial charge in [0.15, 0.2) is 0 Å². The van der Waals surface area contributed by atoms with Crippen LogP contribution in [0, 0.1) is 17.8 Å². The third-order valence-electron chi connectivity index (χ3n) is 11.5. The summed E-state index contributed by atoms with van der Waals surface area (Å²) >= 11 is 6.46. The molecule has 2 N–H and O–H groups in total. The summed E-state index contributed by atoms with van der Waals surface area (Å²) in [5.74, 6) is -1.50. The molecule has 2 aromatic carbocycles. The zero-order valence-corrected chi connectivity index (χ0v) is 35.8. The smallest absolute Gasteiger partial charge is 0.285 e. The van der Waals surface area contributed by atoms with E-state index in [1.165, 1.54) is 35.4 Å². The van der Waals surface area contributed by atoms with E-state index in [4.69, 9.17) is 25.8 Å². The average molecular weight is 829 g/mol. The number of halogens is 1. The first-order chi connectivity index (χ1) is 27.0. The highest BCUT2D eigenvalue weighted by Gasteiger charge is 2.40. The molecule has 14 nitrogen and oxygen atoms in total. The number of methoxy groups -OCH3 is 2. The molecule has 2 heterocycles. The van der Waals surface area contributed by atoms with Crippen molar-refractivity contribution in [1.29, 1.82) is 0 Å². The topological polar surface area (TPSA) is 165 Å². The molecule has 3 amide bonds. The van der Waals surface area contributed by atoms with Crippen molar-refractivity contribution in [3.8, 4) is 11.6 Å². The van der Waals surface area contributed by atoms with Crippen molar-refractivity contribution in [2.75, 3.05) is 46.4 Å². The Bertz CT molecular complexity index is 2010. The minimum Gasteiger partial charge on any atom is -0.491 e. The number of hydrogen-bond donors (Lipinski definition) is 3. The maximum atomic E-state index is 14.3. The predicted molar refractivity (Wildman–Crippen MR) is 220 cm³/mol. The second-order valence-corrected chi connectivity index (χ2v) is 17.5. The van der Waals surface area contributed by atoms with Crippen molar-refractivity contribution in [1.82, 2.24) is 20.0 Å². The number of aryl methyl sites for hydroxylation is 2. The van der Waals surface area contributed by atoms with E-state index in [1.54, 1.807) is 53.4 Å². The first-order valence-electron chi connectivity index (χ1n) is 19.4. The first-order valence-corrected chi connectivity index (χ1v) is 21.0. The molecule has 0 saturated heterocycles. The van der Waals surface area contributed by atoms with E-state index in [2.05, 4.69) is 32.7 Å². The maximum absolute atomic E-state index is 14.3. The van der Waals surface area contributed by atoms with E-state index >= 15 is 0 Å². The van der Waals surface area contributed by atoms with Gasteiger partial charge in [-0.1, -0.05) is 24.6 Å². The van der Waals surface area contributed by atoms with Gasteiger partial charge < -0.3 is 34.4 Å². The summed E-state index contributed by atoms with van der Waals surface area (Å²) in [5.41, 5.74) is 1.48. The lowest BCUT2D eigenvalue weighted by molar-refractivity contribution is -0.135. The van der Waals surface area contributed by atoms with Crippen LogP contribution in [0.1, 0.15) is 84.7 Å². The van der Waals surface area contributed by atoms with Crippen molar-refractivity contribution in [2.45, 2.75) is 82.9 Å². The SMILES string of the molecule is COc1nn(C)cc1C(=O)NC([C@@H](C)C(C)(O)CC(=O)N(C)C)/[SH](=O)=N\C(=O)c1ccc2c(c1)N(C[C@@H]1CC[C@H]1[C@H](C)OC)Cc1ccc(Cl)cc1CCCCO2. The molecule has 312 valence electrons.